The molecule has 0 aliphatic heterocycles. The van der Waals surface area contributed by atoms with Crippen LogP contribution in [0.1, 0.15) is 5.56 Å². The van der Waals surface area contributed by atoms with Gasteiger partial charge in [-0.1, -0.05) is 11.6 Å². The maximum absolute atomic E-state index is 4.22. The van der Waals surface area contributed by atoms with Gasteiger partial charge in [0.05, 0.1) is 5.51 Å². The predicted octanol–water partition coefficient (Wildman–Crippen LogP) is 2.40. The molecule has 3 heteroatoms. The van der Waals surface area contributed by atoms with Crippen molar-refractivity contribution >= 4 is 21.6 Å². The first-order valence-corrected chi connectivity index (χ1v) is 3.96. The number of rotatable bonds is 0. The zero-order valence-electron chi connectivity index (χ0n) is 6.03. The van der Waals surface area contributed by atoms with Gasteiger partial charge in [-0.2, -0.15) is 29.5 Å². The van der Waals surface area contributed by atoms with Crippen LogP contribution in [0.25, 0.3) is 10.2 Å². The smallest absolute Gasteiger partial charge is 0.0657 e. The first kappa shape index (κ1) is 8.79. The zero-order chi connectivity index (χ0) is 6.97. The van der Waals surface area contributed by atoms with Crippen molar-refractivity contribution in [3.05, 3.63) is 29.3 Å². The van der Waals surface area contributed by atoms with Crippen molar-refractivity contribution in [1.29, 1.82) is 0 Å². The monoisotopic (exact) mass is 199 g/mol. The second-order valence-corrected chi connectivity index (χ2v) is 3.09. The number of benzene rings is 1. The van der Waals surface area contributed by atoms with Gasteiger partial charge in [0.15, 0.2) is 0 Å². The van der Waals surface area contributed by atoms with Crippen molar-refractivity contribution in [2.24, 2.45) is 0 Å². The normalized spacial score (nSPS) is 9.55. The predicted molar refractivity (Wildman–Crippen MR) is 43.2 cm³/mol. The van der Waals surface area contributed by atoms with Gasteiger partial charge in [0.1, 0.15) is 0 Å². The molecule has 1 radical (unpaired) electrons. The van der Waals surface area contributed by atoms with Gasteiger partial charge in [-0.25, -0.2) is 0 Å². The first-order chi connectivity index (χ1) is 4.88. The van der Waals surface area contributed by atoms with Gasteiger partial charge < -0.3 is 0 Å². The summed E-state index contributed by atoms with van der Waals surface area (Å²) >= 11 is 1.66. The molecule has 0 bridgehead atoms. The molecule has 2 rings (SSSR count). The molecule has 1 heterocycles. The SMILES string of the molecule is Cc1c[c-]cc2scnc12.[V]. The number of hydrogen-bond acceptors (Lipinski definition) is 2. The molecule has 0 saturated heterocycles. The van der Waals surface area contributed by atoms with Crippen molar-refractivity contribution in [3.8, 4) is 0 Å². The zero-order valence-corrected chi connectivity index (χ0v) is 8.25. The summed E-state index contributed by atoms with van der Waals surface area (Å²) in [6.07, 6.45) is 0. The van der Waals surface area contributed by atoms with E-state index in [0.717, 1.165) is 5.52 Å². The van der Waals surface area contributed by atoms with Gasteiger partial charge in [-0.15, -0.1) is 5.56 Å². The average molecular weight is 199 g/mol. The number of nitrogens with zero attached hydrogens (tertiary/aromatic N) is 1. The molecule has 1 aromatic heterocycles. The van der Waals surface area contributed by atoms with Crippen molar-refractivity contribution in [2.45, 2.75) is 6.92 Å². The van der Waals surface area contributed by atoms with Crippen LogP contribution >= 0.6 is 11.3 Å². The van der Waals surface area contributed by atoms with E-state index in [9.17, 15) is 0 Å². The molecular formula is C8H6NSV-. The van der Waals surface area contributed by atoms with E-state index in [4.69, 9.17) is 0 Å². The van der Waals surface area contributed by atoms with Crippen LogP contribution < -0.4 is 0 Å². The minimum atomic E-state index is 0. The maximum atomic E-state index is 4.22. The molecule has 0 aliphatic rings. The Kier molecular flexibility index (Phi) is 2.71. The summed E-state index contributed by atoms with van der Waals surface area (Å²) in [5, 5.41) is 0. The molecule has 0 amide bonds. The van der Waals surface area contributed by atoms with Gasteiger partial charge in [0.2, 0.25) is 0 Å². The Morgan fingerprint density at radius 2 is 2.27 bits per heavy atom. The molecular weight excluding hydrogens is 193 g/mol. The van der Waals surface area contributed by atoms with E-state index in [1.165, 1.54) is 10.3 Å². The molecule has 0 spiro atoms. The van der Waals surface area contributed by atoms with E-state index in [1.54, 1.807) is 11.3 Å². The Hall–Kier alpha value is -0.306. The Morgan fingerprint density at radius 1 is 1.45 bits per heavy atom. The molecule has 1 aromatic carbocycles. The maximum Gasteiger partial charge on any atom is 0.0657 e. The third-order valence-corrected chi connectivity index (χ3v) is 2.26. The summed E-state index contributed by atoms with van der Waals surface area (Å²) in [7, 11) is 0. The average Bonchev–Trinajstić information content (AvgIpc) is 2.36. The number of thiazole rings is 1. The van der Waals surface area contributed by atoms with Crippen LogP contribution in [-0.2, 0) is 18.6 Å². The fraction of sp³-hybridized carbons (Fsp3) is 0.125. The molecule has 2 aromatic rings. The van der Waals surface area contributed by atoms with Crippen molar-refractivity contribution in [2.75, 3.05) is 0 Å². The molecule has 0 aliphatic carbocycles. The quantitative estimate of drug-likeness (QED) is 0.593. The summed E-state index contributed by atoms with van der Waals surface area (Å²) in [4.78, 5) is 4.22. The summed E-state index contributed by atoms with van der Waals surface area (Å²) in [6, 6.07) is 6.99. The van der Waals surface area contributed by atoms with Crippen LogP contribution in [0.5, 0.6) is 0 Å². The molecule has 1 nitrogen and oxygen atoms in total. The van der Waals surface area contributed by atoms with Crippen LogP contribution in [-0.4, -0.2) is 4.98 Å². The molecule has 0 atom stereocenters. The van der Waals surface area contributed by atoms with Gasteiger partial charge in [0.25, 0.3) is 0 Å². The van der Waals surface area contributed by atoms with Crippen molar-refractivity contribution in [1.82, 2.24) is 4.98 Å². The van der Waals surface area contributed by atoms with Crippen LogP contribution in [0.2, 0.25) is 0 Å². The van der Waals surface area contributed by atoms with E-state index >= 15 is 0 Å². The Labute approximate surface area is 81.3 Å². The Morgan fingerprint density at radius 3 is 3.00 bits per heavy atom. The van der Waals surface area contributed by atoms with E-state index in [2.05, 4.69) is 18.0 Å². The van der Waals surface area contributed by atoms with E-state index < -0.39 is 0 Å². The Bertz CT molecular complexity index is 356. The fourth-order valence-corrected chi connectivity index (χ4v) is 1.70. The molecule has 11 heavy (non-hydrogen) atoms. The van der Waals surface area contributed by atoms with Gasteiger partial charge in [0, 0.05) is 18.6 Å². The van der Waals surface area contributed by atoms with Crippen LogP contribution in [0, 0.1) is 13.0 Å². The number of aryl methyl sites for hydroxylation is 1. The number of aromatic nitrogens is 1. The molecule has 0 saturated carbocycles. The van der Waals surface area contributed by atoms with Crippen LogP contribution in [0.3, 0.4) is 0 Å². The molecule has 0 N–H and O–H groups in total. The van der Waals surface area contributed by atoms with E-state index in [-0.39, 0.29) is 18.6 Å². The fourth-order valence-electron chi connectivity index (χ4n) is 0.965. The van der Waals surface area contributed by atoms with E-state index in [0.29, 0.717) is 0 Å². The number of hydrogen-bond donors (Lipinski definition) is 0. The summed E-state index contributed by atoms with van der Waals surface area (Å²) in [6.45, 7) is 2.05. The largest absolute Gasteiger partial charge is 0.272 e. The first-order valence-electron chi connectivity index (χ1n) is 3.08. The second kappa shape index (κ2) is 3.39. The van der Waals surface area contributed by atoms with Crippen LogP contribution in [0.4, 0.5) is 0 Å². The van der Waals surface area contributed by atoms with E-state index in [1.807, 2.05) is 17.6 Å². The minimum Gasteiger partial charge on any atom is -0.272 e. The molecule has 55 valence electrons. The molecule has 0 fully saturated rings. The second-order valence-electron chi connectivity index (χ2n) is 2.20. The van der Waals surface area contributed by atoms with Crippen molar-refractivity contribution in [3.63, 3.8) is 0 Å². The summed E-state index contributed by atoms with van der Waals surface area (Å²) in [5.41, 5.74) is 4.19. The van der Waals surface area contributed by atoms with Crippen molar-refractivity contribution < 1.29 is 18.6 Å². The molecule has 0 unspecified atom stereocenters. The Balaban J connectivity index is 0.000000605. The van der Waals surface area contributed by atoms with Gasteiger partial charge in [-0.05, 0) is 5.52 Å². The third kappa shape index (κ3) is 1.48. The third-order valence-electron chi connectivity index (χ3n) is 1.48. The standard InChI is InChI=1S/C8H6NS.V/c1-6-3-2-4-7-8(6)9-5-10-7;/h3-5H,1H3;/q-1;. The summed E-state index contributed by atoms with van der Waals surface area (Å²) < 4.78 is 1.22. The van der Waals surface area contributed by atoms with Crippen LogP contribution in [0.15, 0.2) is 17.6 Å². The topological polar surface area (TPSA) is 12.9 Å². The van der Waals surface area contributed by atoms with Gasteiger partial charge in [-0.3, -0.25) is 4.98 Å². The summed E-state index contributed by atoms with van der Waals surface area (Å²) in [5.74, 6) is 0. The number of fused-ring (bicyclic) bond motifs is 1. The van der Waals surface area contributed by atoms with Gasteiger partial charge >= 0.3 is 0 Å². The minimum absolute atomic E-state index is 0.